The monoisotopic (exact) mass is 206 g/mol. The Kier molecular flexibility index (Phi) is 1.75. The van der Waals surface area contributed by atoms with E-state index in [-0.39, 0.29) is 0 Å². The Hall–Kier alpha value is 0.410. The summed E-state index contributed by atoms with van der Waals surface area (Å²) < 4.78 is 13.0. The highest BCUT2D eigenvalue weighted by Crippen LogP contribution is 2.48. The SMILES string of the molecule is F[C@H]1CC[C@H]2[C@@H]1CC[C@H]2Br. The van der Waals surface area contributed by atoms with Gasteiger partial charge in [-0.05, 0) is 37.5 Å². The van der Waals surface area contributed by atoms with E-state index < -0.39 is 6.17 Å². The van der Waals surface area contributed by atoms with E-state index in [0.29, 0.717) is 16.7 Å². The van der Waals surface area contributed by atoms with Gasteiger partial charge >= 0.3 is 0 Å². The molecule has 0 heterocycles. The summed E-state index contributed by atoms with van der Waals surface area (Å²) in [5.74, 6) is 1.07. The maximum absolute atomic E-state index is 13.0. The summed E-state index contributed by atoms with van der Waals surface area (Å²) in [4.78, 5) is 0.623. The molecule has 0 spiro atoms. The Balaban J connectivity index is 2.09. The molecule has 2 rings (SSSR count). The first kappa shape index (κ1) is 7.08. The van der Waals surface area contributed by atoms with Gasteiger partial charge in [0.25, 0.3) is 0 Å². The largest absolute Gasteiger partial charge is 0.247 e. The second-order valence-electron chi connectivity index (χ2n) is 3.51. The summed E-state index contributed by atoms with van der Waals surface area (Å²) in [6, 6.07) is 0. The first-order valence-corrected chi connectivity index (χ1v) is 4.99. The van der Waals surface area contributed by atoms with E-state index in [4.69, 9.17) is 0 Å². The van der Waals surface area contributed by atoms with E-state index in [9.17, 15) is 4.39 Å². The highest BCUT2D eigenvalue weighted by molar-refractivity contribution is 9.09. The minimum Gasteiger partial charge on any atom is -0.247 e. The molecule has 2 saturated carbocycles. The molecule has 0 nitrogen and oxygen atoms in total. The van der Waals surface area contributed by atoms with Gasteiger partial charge in [0.05, 0.1) is 0 Å². The van der Waals surface area contributed by atoms with E-state index in [1.807, 2.05) is 0 Å². The Morgan fingerprint density at radius 2 is 1.70 bits per heavy atom. The zero-order valence-electron chi connectivity index (χ0n) is 5.89. The quantitative estimate of drug-likeness (QED) is 0.535. The van der Waals surface area contributed by atoms with Gasteiger partial charge in [-0.2, -0.15) is 0 Å². The Morgan fingerprint density at radius 3 is 2.40 bits per heavy atom. The van der Waals surface area contributed by atoms with Crippen molar-refractivity contribution < 1.29 is 4.39 Å². The second-order valence-corrected chi connectivity index (χ2v) is 4.69. The molecule has 0 amide bonds. The van der Waals surface area contributed by atoms with Gasteiger partial charge in [0.1, 0.15) is 6.17 Å². The van der Waals surface area contributed by atoms with Gasteiger partial charge in [0.2, 0.25) is 0 Å². The number of hydrogen-bond acceptors (Lipinski definition) is 0. The van der Waals surface area contributed by atoms with E-state index in [2.05, 4.69) is 15.9 Å². The van der Waals surface area contributed by atoms with Crippen LogP contribution in [0.5, 0.6) is 0 Å². The molecule has 0 bridgehead atoms. The Morgan fingerprint density at radius 1 is 1.00 bits per heavy atom. The molecule has 58 valence electrons. The summed E-state index contributed by atoms with van der Waals surface area (Å²) in [5.41, 5.74) is 0. The smallest absolute Gasteiger partial charge is 0.103 e. The molecule has 2 aliphatic carbocycles. The predicted octanol–water partition coefficient (Wildman–Crippen LogP) is 2.91. The van der Waals surface area contributed by atoms with Crippen molar-refractivity contribution in [3.63, 3.8) is 0 Å². The number of alkyl halides is 2. The van der Waals surface area contributed by atoms with E-state index in [0.717, 1.165) is 19.3 Å². The normalized spacial score (nSPS) is 53.4. The minimum absolute atomic E-state index is 0.407. The van der Waals surface area contributed by atoms with E-state index in [1.54, 1.807) is 0 Å². The average molecular weight is 207 g/mol. The first-order valence-electron chi connectivity index (χ1n) is 4.07. The van der Waals surface area contributed by atoms with Crippen molar-refractivity contribution in [2.45, 2.75) is 36.7 Å². The van der Waals surface area contributed by atoms with Crippen LogP contribution in [0, 0.1) is 11.8 Å². The van der Waals surface area contributed by atoms with Gasteiger partial charge in [-0.1, -0.05) is 15.9 Å². The maximum atomic E-state index is 13.0. The molecule has 0 saturated heterocycles. The van der Waals surface area contributed by atoms with Crippen LogP contribution in [0.15, 0.2) is 0 Å². The molecule has 0 aromatic rings. The molecule has 0 aromatic heterocycles. The predicted molar refractivity (Wildman–Crippen MR) is 43.1 cm³/mol. The lowest BCUT2D eigenvalue weighted by molar-refractivity contribution is 0.249. The molecule has 0 aromatic carbocycles. The average Bonchev–Trinajstić information content (AvgIpc) is 2.41. The van der Waals surface area contributed by atoms with E-state index >= 15 is 0 Å². The first-order chi connectivity index (χ1) is 4.79. The molecule has 0 aliphatic heterocycles. The maximum Gasteiger partial charge on any atom is 0.103 e. The van der Waals surface area contributed by atoms with Crippen molar-refractivity contribution in [1.29, 1.82) is 0 Å². The standard InChI is InChI=1S/C8H12BrF/c9-7-3-1-6-5(7)2-4-8(6)10/h5-8H,1-4H2/t5-,6-,7+,8-/m0/s1. The zero-order valence-corrected chi connectivity index (χ0v) is 7.48. The van der Waals surface area contributed by atoms with Gasteiger partial charge in [-0.25, -0.2) is 4.39 Å². The van der Waals surface area contributed by atoms with Crippen molar-refractivity contribution in [2.24, 2.45) is 11.8 Å². The molecular formula is C8H12BrF. The molecule has 0 unspecified atom stereocenters. The summed E-state index contributed by atoms with van der Waals surface area (Å²) >= 11 is 3.61. The van der Waals surface area contributed by atoms with E-state index in [1.165, 1.54) is 6.42 Å². The van der Waals surface area contributed by atoms with Crippen LogP contribution in [0.1, 0.15) is 25.7 Å². The highest BCUT2D eigenvalue weighted by Gasteiger charge is 2.43. The van der Waals surface area contributed by atoms with Crippen LogP contribution in [-0.2, 0) is 0 Å². The molecule has 0 radical (unpaired) electrons. The number of fused-ring (bicyclic) bond motifs is 1. The molecule has 0 N–H and O–H groups in total. The van der Waals surface area contributed by atoms with Crippen molar-refractivity contribution in [3.8, 4) is 0 Å². The van der Waals surface area contributed by atoms with Gasteiger partial charge in [0, 0.05) is 4.83 Å². The molecule has 4 atom stereocenters. The summed E-state index contributed by atoms with van der Waals surface area (Å²) in [6.45, 7) is 0. The third kappa shape index (κ3) is 0.919. The highest BCUT2D eigenvalue weighted by atomic mass is 79.9. The third-order valence-corrected chi connectivity index (χ3v) is 4.17. The van der Waals surface area contributed by atoms with Crippen LogP contribution in [0.25, 0.3) is 0 Å². The molecule has 2 fully saturated rings. The Bertz CT molecular complexity index is 121. The van der Waals surface area contributed by atoms with Gasteiger partial charge < -0.3 is 0 Å². The van der Waals surface area contributed by atoms with Crippen molar-refractivity contribution in [1.82, 2.24) is 0 Å². The van der Waals surface area contributed by atoms with Crippen molar-refractivity contribution >= 4 is 15.9 Å². The summed E-state index contributed by atoms with van der Waals surface area (Å²) in [7, 11) is 0. The molecular weight excluding hydrogens is 195 g/mol. The van der Waals surface area contributed by atoms with Gasteiger partial charge in [-0.3, -0.25) is 0 Å². The Labute approximate surface area is 69.3 Å². The van der Waals surface area contributed by atoms with Crippen LogP contribution >= 0.6 is 15.9 Å². The number of hydrogen-bond donors (Lipinski definition) is 0. The lowest BCUT2D eigenvalue weighted by atomic mass is 10.0. The lowest BCUT2D eigenvalue weighted by Crippen LogP contribution is -2.12. The van der Waals surface area contributed by atoms with Crippen molar-refractivity contribution in [2.75, 3.05) is 0 Å². The van der Waals surface area contributed by atoms with Gasteiger partial charge in [-0.15, -0.1) is 0 Å². The van der Waals surface area contributed by atoms with Crippen LogP contribution in [0.3, 0.4) is 0 Å². The fraction of sp³-hybridized carbons (Fsp3) is 1.00. The number of halogens is 2. The van der Waals surface area contributed by atoms with Crippen molar-refractivity contribution in [3.05, 3.63) is 0 Å². The van der Waals surface area contributed by atoms with Crippen LogP contribution in [0.4, 0.5) is 4.39 Å². The third-order valence-electron chi connectivity index (χ3n) is 3.03. The fourth-order valence-electron chi connectivity index (χ4n) is 2.46. The number of rotatable bonds is 0. The lowest BCUT2D eigenvalue weighted by Gasteiger charge is -2.11. The topological polar surface area (TPSA) is 0 Å². The molecule has 10 heavy (non-hydrogen) atoms. The minimum atomic E-state index is -0.479. The molecule has 2 heteroatoms. The fourth-order valence-corrected chi connectivity index (χ4v) is 3.38. The van der Waals surface area contributed by atoms with Crippen LogP contribution < -0.4 is 0 Å². The summed E-state index contributed by atoms with van der Waals surface area (Å²) in [6.07, 6.45) is 3.75. The summed E-state index contributed by atoms with van der Waals surface area (Å²) in [5, 5.41) is 0. The van der Waals surface area contributed by atoms with Gasteiger partial charge in [0.15, 0.2) is 0 Å². The van der Waals surface area contributed by atoms with Crippen LogP contribution in [-0.4, -0.2) is 11.0 Å². The second kappa shape index (κ2) is 2.47. The zero-order chi connectivity index (χ0) is 7.14. The molecule has 2 aliphatic rings. The van der Waals surface area contributed by atoms with Crippen LogP contribution in [0.2, 0.25) is 0 Å².